The summed E-state index contributed by atoms with van der Waals surface area (Å²) >= 11 is 0. The molecule has 1 unspecified atom stereocenters. The lowest BCUT2D eigenvalue weighted by molar-refractivity contribution is -0.117. The molecule has 2 fully saturated rings. The topological polar surface area (TPSA) is 73.4 Å². The van der Waals surface area contributed by atoms with Gasteiger partial charge in [0.15, 0.2) is 11.6 Å². The van der Waals surface area contributed by atoms with Crippen molar-refractivity contribution in [2.45, 2.75) is 70.6 Å². The van der Waals surface area contributed by atoms with E-state index in [4.69, 9.17) is 14.2 Å². The smallest absolute Gasteiger partial charge is 0.227 e. The van der Waals surface area contributed by atoms with Crippen molar-refractivity contribution in [3.8, 4) is 11.1 Å². The number of hydrogen-bond acceptors (Lipinski definition) is 5. The molecule has 1 saturated heterocycles. The normalized spacial score (nSPS) is 22.1. The molecule has 1 saturated carbocycles. The first-order valence-electron chi connectivity index (χ1n) is 13.1. The molecule has 0 spiro atoms. The molecule has 2 aromatic carbocycles. The van der Waals surface area contributed by atoms with Crippen LogP contribution >= 0.6 is 0 Å². The molecule has 6 rings (SSSR count). The Balaban J connectivity index is 1.49. The van der Waals surface area contributed by atoms with E-state index in [9.17, 15) is 13.6 Å². The van der Waals surface area contributed by atoms with Gasteiger partial charge in [-0.3, -0.25) is 4.79 Å². The van der Waals surface area contributed by atoms with Gasteiger partial charge in [0.1, 0.15) is 11.6 Å². The molecule has 3 heterocycles. The summed E-state index contributed by atoms with van der Waals surface area (Å²) in [6.45, 7) is 3.81. The maximum atomic E-state index is 14.2. The molecule has 1 amide bonds. The summed E-state index contributed by atoms with van der Waals surface area (Å²) in [5.41, 5.74) is 4.87. The van der Waals surface area contributed by atoms with E-state index in [0.29, 0.717) is 18.5 Å². The van der Waals surface area contributed by atoms with Crippen molar-refractivity contribution in [2.75, 3.05) is 12.0 Å². The van der Waals surface area contributed by atoms with Gasteiger partial charge in [-0.1, -0.05) is 11.2 Å². The lowest BCUT2D eigenvalue weighted by atomic mass is 9.92. The number of amides is 1. The average molecular weight is 521 g/mol. The van der Waals surface area contributed by atoms with Crippen molar-refractivity contribution in [1.29, 1.82) is 0 Å². The van der Waals surface area contributed by atoms with E-state index in [1.807, 2.05) is 19.9 Å². The van der Waals surface area contributed by atoms with Crippen molar-refractivity contribution in [3.63, 3.8) is 0 Å². The van der Waals surface area contributed by atoms with Gasteiger partial charge < -0.3 is 18.7 Å². The maximum Gasteiger partial charge on any atom is 0.227 e. The fourth-order valence-electron chi connectivity index (χ4n) is 6.21. The third-order valence-electron chi connectivity index (χ3n) is 8.07. The molecule has 38 heavy (non-hydrogen) atoms. The van der Waals surface area contributed by atoms with Gasteiger partial charge in [0.25, 0.3) is 0 Å². The zero-order chi connectivity index (χ0) is 26.6. The molecule has 2 aromatic heterocycles. The molecule has 1 aliphatic carbocycles. The standard InChI is InChI=1S/C29H30F2N4O3/c1-16-28(17(2)38-33-16)18-4-11-25-24(14-18)32-29(35(25)19-5-8-21(37-3)9-6-19)26-12-13-27(36)34(26)20-7-10-22(30)23(31)15-20/h4,7,10-11,14-15,19,21,26H,5-6,8-9,12-13H2,1-3H3. The molecule has 4 aromatic rings. The van der Waals surface area contributed by atoms with E-state index in [1.54, 1.807) is 12.0 Å². The molecule has 1 aliphatic heterocycles. The van der Waals surface area contributed by atoms with E-state index in [1.165, 1.54) is 6.07 Å². The summed E-state index contributed by atoms with van der Waals surface area (Å²) in [6, 6.07) is 9.60. The third-order valence-corrected chi connectivity index (χ3v) is 8.07. The molecule has 2 aliphatic rings. The molecule has 0 radical (unpaired) electrons. The molecule has 198 valence electrons. The summed E-state index contributed by atoms with van der Waals surface area (Å²) < 4.78 is 41.2. The minimum atomic E-state index is -0.976. The number of aryl methyl sites for hydroxylation is 2. The Labute approximate surface area is 219 Å². The fourth-order valence-corrected chi connectivity index (χ4v) is 6.21. The summed E-state index contributed by atoms with van der Waals surface area (Å²) in [5, 5.41) is 4.10. The number of rotatable bonds is 5. The Bertz CT molecular complexity index is 1500. The number of imidazole rings is 1. The maximum absolute atomic E-state index is 14.2. The van der Waals surface area contributed by atoms with Crippen LogP contribution < -0.4 is 4.90 Å². The molecular formula is C29H30F2N4O3. The van der Waals surface area contributed by atoms with Gasteiger partial charge in [0.05, 0.1) is 28.9 Å². The quantitative estimate of drug-likeness (QED) is 0.297. The van der Waals surface area contributed by atoms with E-state index in [0.717, 1.165) is 77.3 Å². The average Bonchev–Trinajstić information content (AvgIpc) is 3.59. The van der Waals surface area contributed by atoms with Gasteiger partial charge in [-0.2, -0.15) is 0 Å². The second-order valence-electron chi connectivity index (χ2n) is 10.3. The minimum Gasteiger partial charge on any atom is -0.381 e. The van der Waals surface area contributed by atoms with Gasteiger partial charge in [-0.25, -0.2) is 13.8 Å². The number of benzene rings is 2. The van der Waals surface area contributed by atoms with Crippen LogP contribution in [0.2, 0.25) is 0 Å². The number of anilines is 1. The number of fused-ring (bicyclic) bond motifs is 1. The minimum absolute atomic E-state index is 0.126. The molecule has 9 heteroatoms. The predicted molar refractivity (Wildman–Crippen MR) is 139 cm³/mol. The number of carbonyl (C=O) groups is 1. The van der Waals surface area contributed by atoms with Crippen molar-refractivity contribution in [1.82, 2.24) is 14.7 Å². The molecular weight excluding hydrogens is 490 g/mol. The number of ether oxygens (including phenoxy) is 1. The first-order chi connectivity index (χ1) is 18.4. The second-order valence-corrected chi connectivity index (χ2v) is 10.3. The molecule has 7 nitrogen and oxygen atoms in total. The van der Waals surface area contributed by atoms with E-state index in [-0.39, 0.29) is 24.1 Å². The summed E-state index contributed by atoms with van der Waals surface area (Å²) in [4.78, 5) is 19.8. The van der Waals surface area contributed by atoms with Gasteiger partial charge in [0, 0.05) is 36.9 Å². The number of carbonyl (C=O) groups excluding carboxylic acids is 1. The summed E-state index contributed by atoms with van der Waals surface area (Å²) in [7, 11) is 1.75. The zero-order valence-corrected chi connectivity index (χ0v) is 21.7. The summed E-state index contributed by atoms with van der Waals surface area (Å²) in [6.07, 6.45) is 4.83. The number of methoxy groups -OCH3 is 1. The Morgan fingerprint density at radius 2 is 1.79 bits per heavy atom. The number of aromatic nitrogens is 3. The first-order valence-corrected chi connectivity index (χ1v) is 13.1. The fraction of sp³-hybridized carbons (Fsp3) is 0.414. The van der Waals surface area contributed by atoms with Crippen molar-refractivity contribution >= 4 is 22.6 Å². The van der Waals surface area contributed by atoms with Crippen molar-refractivity contribution in [2.24, 2.45) is 0 Å². The highest BCUT2D eigenvalue weighted by atomic mass is 19.2. The van der Waals surface area contributed by atoms with Crippen LogP contribution in [-0.4, -0.2) is 33.8 Å². The molecule has 0 N–H and O–H groups in total. The first kappa shape index (κ1) is 24.7. The Hall–Kier alpha value is -3.59. The van der Waals surface area contributed by atoms with Crippen molar-refractivity contribution in [3.05, 3.63) is 65.3 Å². The SMILES string of the molecule is COC1CCC(n2c(C3CCC(=O)N3c3ccc(F)c(F)c3)nc3cc(-c4c(C)noc4C)ccc32)CC1. The molecule has 1 atom stereocenters. The Morgan fingerprint density at radius 3 is 2.47 bits per heavy atom. The lowest BCUT2D eigenvalue weighted by Gasteiger charge is -2.32. The highest BCUT2D eigenvalue weighted by molar-refractivity contribution is 5.96. The van der Waals surface area contributed by atoms with E-state index < -0.39 is 11.6 Å². The van der Waals surface area contributed by atoms with Gasteiger partial charge >= 0.3 is 0 Å². The van der Waals surface area contributed by atoms with Crippen LogP contribution in [0.4, 0.5) is 14.5 Å². The number of nitrogens with zero attached hydrogens (tertiary/aromatic N) is 4. The van der Waals surface area contributed by atoms with Gasteiger partial charge in [-0.05, 0) is 75.8 Å². The highest BCUT2D eigenvalue weighted by Crippen LogP contribution is 2.42. The highest BCUT2D eigenvalue weighted by Gasteiger charge is 2.38. The lowest BCUT2D eigenvalue weighted by Crippen LogP contribution is -2.31. The monoisotopic (exact) mass is 520 g/mol. The third kappa shape index (κ3) is 4.09. The number of hydrogen-bond donors (Lipinski definition) is 0. The van der Waals surface area contributed by atoms with E-state index >= 15 is 0 Å². The Kier molecular flexibility index (Phi) is 6.26. The predicted octanol–water partition coefficient (Wildman–Crippen LogP) is 6.58. The van der Waals surface area contributed by atoms with Crippen LogP contribution in [0.25, 0.3) is 22.2 Å². The second kappa shape index (κ2) is 9.62. The van der Waals surface area contributed by atoms with Crippen LogP contribution in [0, 0.1) is 25.5 Å². The van der Waals surface area contributed by atoms with Crippen molar-refractivity contribution < 1.29 is 22.8 Å². The van der Waals surface area contributed by atoms with Crippen LogP contribution in [-0.2, 0) is 9.53 Å². The van der Waals surface area contributed by atoms with Crippen LogP contribution in [0.5, 0.6) is 0 Å². The van der Waals surface area contributed by atoms with Gasteiger partial charge in [-0.15, -0.1) is 0 Å². The van der Waals surface area contributed by atoms with Crippen LogP contribution in [0.1, 0.15) is 67.9 Å². The Morgan fingerprint density at radius 1 is 1.00 bits per heavy atom. The largest absolute Gasteiger partial charge is 0.381 e. The van der Waals surface area contributed by atoms with E-state index in [2.05, 4.69) is 21.9 Å². The van der Waals surface area contributed by atoms with Crippen LogP contribution in [0.3, 0.4) is 0 Å². The van der Waals surface area contributed by atoms with Gasteiger partial charge in [0.2, 0.25) is 5.91 Å². The zero-order valence-electron chi connectivity index (χ0n) is 21.7. The summed E-state index contributed by atoms with van der Waals surface area (Å²) in [5.74, 6) is -0.529. The number of halogens is 2. The molecule has 0 bridgehead atoms. The van der Waals surface area contributed by atoms with Crippen LogP contribution in [0.15, 0.2) is 40.9 Å².